The van der Waals surface area contributed by atoms with E-state index in [-0.39, 0.29) is 18.3 Å². The van der Waals surface area contributed by atoms with Crippen LogP contribution in [0.25, 0.3) is 0 Å². The molecule has 1 atom stereocenters. The fourth-order valence-electron chi connectivity index (χ4n) is 2.10. The van der Waals surface area contributed by atoms with E-state index in [1.807, 2.05) is 31.2 Å². The molecule has 0 spiro atoms. The molecule has 2 aromatic rings. The van der Waals surface area contributed by atoms with E-state index in [0.29, 0.717) is 22.3 Å². The lowest BCUT2D eigenvalue weighted by atomic mass is 10.1. The molecule has 25 heavy (non-hydrogen) atoms. The summed E-state index contributed by atoms with van der Waals surface area (Å²) in [5.74, 6) is 0.262. The maximum Gasteiger partial charge on any atom is 0.265 e. The van der Waals surface area contributed by atoms with E-state index in [2.05, 4.69) is 10.6 Å². The number of amides is 1. The van der Waals surface area contributed by atoms with Crippen LogP contribution in [-0.2, 0) is 11.3 Å². The van der Waals surface area contributed by atoms with E-state index < -0.39 is 6.10 Å². The van der Waals surface area contributed by atoms with Gasteiger partial charge in [-0.1, -0.05) is 48.3 Å². The van der Waals surface area contributed by atoms with Crippen LogP contribution in [0, 0.1) is 0 Å². The van der Waals surface area contributed by atoms with Gasteiger partial charge >= 0.3 is 0 Å². The van der Waals surface area contributed by atoms with E-state index >= 15 is 0 Å². The first kappa shape index (κ1) is 21.6. The van der Waals surface area contributed by atoms with Crippen LogP contribution >= 0.6 is 35.6 Å². The lowest BCUT2D eigenvalue weighted by Gasteiger charge is -2.17. The average molecular weight is 404 g/mol. The normalized spacial score (nSPS) is 11.4. The second-order valence-corrected chi connectivity index (χ2v) is 6.08. The molecule has 136 valence electrons. The molecule has 0 radical (unpaired) electrons. The maximum atomic E-state index is 12.4. The van der Waals surface area contributed by atoms with Crippen molar-refractivity contribution in [2.75, 3.05) is 11.9 Å². The van der Waals surface area contributed by atoms with Crippen molar-refractivity contribution in [3.63, 3.8) is 0 Å². The van der Waals surface area contributed by atoms with Crippen molar-refractivity contribution in [1.29, 1.82) is 0 Å². The molecule has 0 aromatic heterocycles. The summed E-state index contributed by atoms with van der Waals surface area (Å²) in [5, 5.41) is 6.98. The van der Waals surface area contributed by atoms with Crippen molar-refractivity contribution >= 4 is 47.2 Å². The molecule has 1 unspecified atom stereocenters. The largest absolute Gasteiger partial charge is 0.481 e. The molecule has 0 aliphatic rings. The first-order valence-electron chi connectivity index (χ1n) is 7.72. The van der Waals surface area contributed by atoms with Gasteiger partial charge in [0.05, 0.1) is 10.0 Å². The minimum absolute atomic E-state index is 0. The zero-order valence-corrected chi connectivity index (χ0v) is 16.3. The number of carbonyl (C=O) groups is 1. The molecule has 0 aliphatic heterocycles. The highest BCUT2D eigenvalue weighted by Gasteiger charge is 2.16. The van der Waals surface area contributed by atoms with Crippen LogP contribution in [-0.4, -0.2) is 18.6 Å². The van der Waals surface area contributed by atoms with Crippen molar-refractivity contribution in [1.82, 2.24) is 5.32 Å². The van der Waals surface area contributed by atoms with Gasteiger partial charge in [0.2, 0.25) is 0 Å². The number of rotatable bonds is 7. The van der Waals surface area contributed by atoms with Gasteiger partial charge in [-0.3, -0.25) is 4.79 Å². The number of hydrogen-bond donors (Lipinski definition) is 2. The summed E-state index contributed by atoms with van der Waals surface area (Å²) in [6.45, 7) is 5.27. The molecular formula is C18H21Cl3N2O2. The van der Waals surface area contributed by atoms with Gasteiger partial charge in [-0.15, -0.1) is 12.4 Å². The summed E-state index contributed by atoms with van der Waals surface area (Å²) in [5.41, 5.74) is 1.79. The Morgan fingerprint density at radius 2 is 1.88 bits per heavy atom. The molecule has 0 saturated carbocycles. The van der Waals surface area contributed by atoms with Crippen LogP contribution in [0.4, 0.5) is 5.69 Å². The molecule has 0 heterocycles. The van der Waals surface area contributed by atoms with Gasteiger partial charge in [-0.2, -0.15) is 0 Å². The third-order valence-corrected chi connectivity index (χ3v) is 4.15. The lowest BCUT2D eigenvalue weighted by Crippen LogP contribution is -2.30. The van der Waals surface area contributed by atoms with Gasteiger partial charge in [-0.05, 0) is 37.2 Å². The molecule has 0 fully saturated rings. The van der Waals surface area contributed by atoms with Crippen molar-refractivity contribution in [2.45, 2.75) is 26.5 Å². The van der Waals surface area contributed by atoms with Gasteiger partial charge in [0.25, 0.3) is 5.91 Å². The van der Waals surface area contributed by atoms with E-state index in [0.717, 1.165) is 17.8 Å². The smallest absolute Gasteiger partial charge is 0.265 e. The van der Waals surface area contributed by atoms with E-state index in [9.17, 15) is 4.79 Å². The van der Waals surface area contributed by atoms with Crippen LogP contribution in [0.1, 0.15) is 19.4 Å². The quantitative estimate of drug-likeness (QED) is 0.689. The molecule has 2 aromatic carbocycles. The highest BCUT2D eigenvalue weighted by molar-refractivity contribution is 6.42. The molecule has 7 heteroatoms. The van der Waals surface area contributed by atoms with Crippen molar-refractivity contribution in [3.05, 3.63) is 58.1 Å². The Morgan fingerprint density at radius 1 is 1.16 bits per heavy atom. The Hall–Kier alpha value is -1.46. The van der Waals surface area contributed by atoms with E-state index in [4.69, 9.17) is 27.9 Å². The second kappa shape index (κ2) is 10.5. The van der Waals surface area contributed by atoms with Crippen LogP contribution in [0.5, 0.6) is 5.75 Å². The predicted molar refractivity (Wildman–Crippen MR) is 106 cm³/mol. The number of ether oxygens (including phenoxy) is 1. The fourth-order valence-corrected chi connectivity index (χ4v) is 2.39. The van der Waals surface area contributed by atoms with Gasteiger partial charge in [-0.25, -0.2) is 0 Å². The highest BCUT2D eigenvalue weighted by atomic mass is 35.5. The Balaban J connectivity index is 0.00000312. The van der Waals surface area contributed by atoms with Crippen LogP contribution in [0.3, 0.4) is 0 Å². The van der Waals surface area contributed by atoms with Crippen molar-refractivity contribution < 1.29 is 9.53 Å². The Labute approximate surface area is 164 Å². The van der Waals surface area contributed by atoms with Gasteiger partial charge in [0.15, 0.2) is 6.10 Å². The molecule has 0 bridgehead atoms. The number of carbonyl (C=O) groups excluding carboxylic acids is 1. The van der Waals surface area contributed by atoms with Crippen LogP contribution in [0.2, 0.25) is 10.0 Å². The summed E-state index contributed by atoms with van der Waals surface area (Å²) in [6.07, 6.45) is -0.672. The van der Waals surface area contributed by atoms with Crippen LogP contribution in [0.15, 0.2) is 42.5 Å². The van der Waals surface area contributed by atoms with Crippen molar-refractivity contribution in [2.24, 2.45) is 0 Å². The summed E-state index contributed by atoms with van der Waals surface area (Å²) < 4.78 is 5.63. The SMILES string of the molecule is CCNCc1ccccc1NC(=O)C(C)Oc1ccc(Cl)c(Cl)c1.Cl. The third-order valence-electron chi connectivity index (χ3n) is 3.41. The molecule has 0 aliphatic carbocycles. The second-order valence-electron chi connectivity index (χ2n) is 5.26. The monoisotopic (exact) mass is 402 g/mol. The molecule has 1 amide bonds. The molecular weight excluding hydrogens is 383 g/mol. The zero-order chi connectivity index (χ0) is 17.5. The molecule has 0 saturated heterocycles. The minimum Gasteiger partial charge on any atom is -0.481 e. The van der Waals surface area contributed by atoms with Gasteiger partial charge in [0, 0.05) is 18.3 Å². The summed E-state index contributed by atoms with van der Waals surface area (Å²) in [4.78, 5) is 12.4. The number of nitrogens with one attached hydrogen (secondary N) is 2. The Bertz CT molecular complexity index is 710. The molecule has 2 N–H and O–H groups in total. The number of hydrogen-bond acceptors (Lipinski definition) is 3. The molecule has 2 rings (SSSR count). The lowest BCUT2D eigenvalue weighted by molar-refractivity contribution is -0.122. The number of halogens is 3. The topological polar surface area (TPSA) is 50.4 Å². The predicted octanol–water partition coefficient (Wildman–Crippen LogP) is 4.93. The summed E-state index contributed by atoms with van der Waals surface area (Å²) in [6, 6.07) is 12.6. The average Bonchev–Trinajstić information content (AvgIpc) is 2.57. The Morgan fingerprint density at radius 3 is 2.56 bits per heavy atom. The number of para-hydroxylation sites is 1. The van der Waals surface area contributed by atoms with Gasteiger partial charge < -0.3 is 15.4 Å². The van der Waals surface area contributed by atoms with Gasteiger partial charge in [0.1, 0.15) is 5.75 Å². The maximum absolute atomic E-state index is 12.4. The standard InChI is InChI=1S/C18H20Cl2N2O2.ClH/c1-3-21-11-13-6-4-5-7-17(13)22-18(23)12(2)24-14-8-9-15(19)16(20)10-14;/h4-10,12,21H,3,11H2,1-2H3,(H,22,23);1H. The third kappa shape index (κ3) is 6.40. The summed E-state index contributed by atoms with van der Waals surface area (Å²) >= 11 is 11.8. The zero-order valence-electron chi connectivity index (χ0n) is 14.0. The fraction of sp³-hybridized carbons (Fsp3) is 0.278. The summed E-state index contributed by atoms with van der Waals surface area (Å²) in [7, 11) is 0. The Kier molecular flexibility index (Phi) is 9.08. The number of anilines is 1. The first-order valence-corrected chi connectivity index (χ1v) is 8.48. The van der Waals surface area contributed by atoms with Crippen LogP contribution < -0.4 is 15.4 Å². The van der Waals surface area contributed by atoms with E-state index in [1.165, 1.54) is 0 Å². The minimum atomic E-state index is -0.672. The van der Waals surface area contributed by atoms with E-state index in [1.54, 1.807) is 25.1 Å². The van der Waals surface area contributed by atoms with Crippen molar-refractivity contribution in [3.8, 4) is 5.75 Å². The number of benzene rings is 2. The highest BCUT2D eigenvalue weighted by Crippen LogP contribution is 2.27. The molecule has 4 nitrogen and oxygen atoms in total. The first-order chi connectivity index (χ1) is 11.5.